The van der Waals surface area contributed by atoms with E-state index in [4.69, 9.17) is 5.11 Å². The number of hydrogen-bond donors (Lipinski definition) is 1. The molecule has 0 heterocycles. The summed E-state index contributed by atoms with van der Waals surface area (Å²) in [6, 6.07) is 1.99. The summed E-state index contributed by atoms with van der Waals surface area (Å²) in [5.41, 5.74) is 0.717. The predicted octanol–water partition coefficient (Wildman–Crippen LogP) is 0.567. The fraction of sp³-hybridized carbons (Fsp3) is 0.250. The molecule has 1 nitrogen and oxygen atoms in total. The molecule has 12 heavy (non-hydrogen) atoms. The molecule has 0 saturated heterocycles. The lowest BCUT2D eigenvalue weighted by molar-refractivity contribution is 0.281. The number of halogens is 2. The molecule has 0 spiro atoms. The SMILES string of the molecule is CBc1c(F)cc(F)cc1CO. The van der Waals surface area contributed by atoms with Gasteiger partial charge in [0.15, 0.2) is 7.28 Å². The van der Waals surface area contributed by atoms with Gasteiger partial charge in [0.2, 0.25) is 0 Å². The second-order valence-electron chi connectivity index (χ2n) is 2.54. The van der Waals surface area contributed by atoms with Crippen molar-refractivity contribution < 1.29 is 13.9 Å². The van der Waals surface area contributed by atoms with Crippen LogP contribution in [0.2, 0.25) is 6.82 Å². The Bertz CT molecular complexity index is 289. The van der Waals surface area contributed by atoms with Crippen molar-refractivity contribution in [1.82, 2.24) is 0 Å². The molecule has 0 fully saturated rings. The van der Waals surface area contributed by atoms with E-state index in [1.54, 1.807) is 6.82 Å². The highest BCUT2D eigenvalue weighted by Gasteiger charge is 2.08. The van der Waals surface area contributed by atoms with E-state index in [0.29, 0.717) is 18.3 Å². The van der Waals surface area contributed by atoms with Crippen molar-refractivity contribution in [2.45, 2.75) is 13.4 Å². The van der Waals surface area contributed by atoms with Crippen molar-refractivity contribution in [3.8, 4) is 0 Å². The first-order valence-electron chi connectivity index (χ1n) is 3.76. The Morgan fingerprint density at radius 2 is 2.08 bits per heavy atom. The molecule has 0 aliphatic heterocycles. The molecule has 0 aliphatic carbocycles. The lowest BCUT2D eigenvalue weighted by Crippen LogP contribution is -2.21. The fourth-order valence-electron chi connectivity index (χ4n) is 1.19. The molecule has 0 amide bonds. The fourth-order valence-corrected chi connectivity index (χ4v) is 1.19. The zero-order chi connectivity index (χ0) is 9.14. The van der Waals surface area contributed by atoms with Gasteiger partial charge in [0.1, 0.15) is 11.6 Å². The van der Waals surface area contributed by atoms with E-state index in [1.807, 2.05) is 0 Å². The van der Waals surface area contributed by atoms with Crippen LogP contribution in [0.25, 0.3) is 0 Å². The summed E-state index contributed by atoms with van der Waals surface area (Å²) in [5.74, 6) is -1.23. The molecule has 4 heteroatoms. The minimum absolute atomic E-state index is 0.322. The van der Waals surface area contributed by atoms with Crippen LogP contribution in [0.4, 0.5) is 8.78 Å². The summed E-state index contributed by atoms with van der Waals surface area (Å²) in [4.78, 5) is 0. The number of aliphatic hydroxyl groups is 1. The number of benzene rings is 1. The van der Waals surface area contributed by atoms with Gasteiger partial charge in [-0.15, -0.1) is 0 Å². The highest BCUT2D eigenvalue weighted by atomic mass is 19.1. The predicted molar refractivity (Wildman–Crippen MR) is 44.9 cm³/mol. The summed E-state index contributed by atoms with van der Waals surface area (Å²) < 4.78 is 25.5. The van der Waals surface area contributed by atoms with E-state index in [-0.39, 0.29) is 6.61 Å². The van der Waals surface area contributed by atoms with Crippen molar-refractivity contribution in [3.63, 3.8) is 0 Å². The van der Waals surface area contributed by atoms with Crippen LogP contribution in [-0.4, -0.2) is 12.4 Å². The molecule has 0 saturated carbocycles. The van der Waals surface area contributed by atoms with Gasteiger partial charge in [0.05, 0.1) is 6.61 Å². The minimum atomic E-state index is -0.645. The summed E-state index contributed by atoms with van der Waals surface area (Å²) >= 11 is 0. The van der Waals surface area contributed by atoms with E-state index < -0.39 is 11.6 Å². The Hall–Kier alpha value is -0.895. The van der Waals surface area contributed by atoms with Crippen LogP contribution < -0.4 is 5.46 Å². The second kappa shape index (κ2) is 3.67. The van der Waals surface area contributed by atoms with Crippen molar-refractivity contribution >= 4 is 12.7 Å². The highest BCUT2D eigenvalue weighted by molar-refractivity contribution is 6.52. The monoisotopic (exact) mass is 170 g/mol. The van der Waals surface area contributed by atoms with Crippen molar-refractivity contribution in [2.75, 3.05) is 0 Å². The zero-order valence-electron chi connectivity index (χ0n) is 6.77. The lowest BCUT2D eigenvalue weighted by atomic mass is 9.70. The van der Waals surface area contributed by atoms with Crippen LogP contribution in [0, 0.1) is 11.6 Å². The molecule has 0 unspecified atom stereocenters. The van der Waals surface area contributed by atoms with Gasteiger partial charge in [-0.1, -0.05) is 6.82 Å². The van der Waals surface area contributed by atoms with Crippen molar-refractivity contribution in [3.05, 3.63) is 29.3 Å². The Morgan fingerprint density at radius 1 is 1.42 bits per heavy atom. The van der Waals surface area contributed by atoms with Crippen LogP contribution in [0.5, 0.6) is 0 Å². The van der Waals surface area contributed by atoms with Crippen LogP contribution in [-0.2, 0) is 6.61 Å². The molecule has 0 aromatic heterocycles. The molecule has 0 aliphatic rings. The number of rotatable bonds is 2. The largest absolute Gasteiger partial charge is 0.392 e. The Balaban J connectivity index is 3.24. The molecule has 1 aromatic carbocycles. The summed E-state index contributed by atoms with van der Waals surface area (Å²) in [5, 5.41) is 8.77. The Morgan fingerprint density at radius 3 is 2.58 bits per heavy atom. The number of hydrogen-bond acceptors (Lipinski definition) is 1. The topological polar surface area (TPSA) is 20.2 Å². The third-order valence-corrected chi connectivity index (χ3v) is 1.78. The summed E-state index contributed by atoms with van der Waals surface area (Å²) in [7, 11) is 0.460. The van der Waals surface area contributed by atoms with E-state index in [0.717, 1.165) is 12.1 Å². The maximum absolute atomic E-state index is 12.9. The Kier molecular flexibility index (Phi) is 2.81. The smallest absolute Gasteiger partial charge is 0.158 e. The van der Waals surface area contributed by atoms with Gasteiger partial charge in [-0.3, -0.25) is 0 Å². The first kappa shape index (κ1) is 9.19. The normalized spacial score (nSPS) is 10.0. The minimum Gasteiger partial charge on any atom is -0.392 e. The van der Waals surface area contributed by atoms with E-state index in [9.17, 15) is 8.78 Å². The molecule has 1 aromatic rings. The van der Waals surface area contributed by atoms with Gasteiger partial charge in [0, 0.05) is 6.07 Å². The lowest BCUT2D eigenvalue weighted by Gasteiger charge is -2.05. The standard InChI is InChI=1S/C8H9BF2O/c1-9-8-5(4-12)2-6(10)3-7(8)11/h2-3,9,12H,4H2,1H3. The summed E-state index contributed by atoms with van der Waals surface area (Å²) in [6.45, 7) is 1.44. The zero-order valence-corrected chi connectivity index (χ0v) is 6.77. The Labute approximate surface area is 70.3 Å². The average Bonchev–Trinajstić information content (AvgIpc) is 2.03. The van der Waals surface area contributed by atoms with Crippen molar-refractivity contribution in [2.24, 2.45) is 0 Å². The molecule has 0 atom stereocenters. The number of aliphatic hydroxyl groups excluding tert-OH is 1. The third kappa shape index (κ3) is 1.64. The van der Waals surface area contributed by atoms with Crippen LogP contribution in [0.1, 0.15) is 5.56 Å². The van der Waals surface area contributed by atoms with Crippen LogP contribution in [0.15, 0.2) is 12.1 Å². The van der Waals surface area contributed by atoms with Gasteiger partial charge in [-0.2, -0.15) is 0 Å². The second-order valence-corrected chi connectivity index (χ2v) is 2.54. The molecule has 64 valence electrons. The first-order valence-corrected chi connectivity index (χ1v) is 3.76. The maximum atomic E-state index is 12.9. The molecule has 0 radical (unpaired) electrons. The van der Waals surface area contributed by atoms with Crippen LogP contribution in [0.3, 0.4) is 0 Å². The van der Waals surface area contributed by atoms with Gasteiger partial charge in [0.25, 0.3) is 0 Å². The van der Waals surface area contributed by atoms with E-state index in [1.165, 1.54) is 0 Å². The summed E-state index contributed by atoms with van der Waals surface area (Å²) in [6.07, 6.45) is 0. The molecule has 1 rings (SSSR count). The van der Waals surface area contributed by atoms with Gasteiger partial charge < -0.3 is 5.11 Å². The van der Waals surface area contributed by atoms with Gasteiger partial charge in [-0.05, 0) is 17.1 Å². The highest BCUT2D eigenvalue weighted by Crippen LogP contribution is 2.05. The first-order chi connectivity index (χ1) is 5.69. The van der Waals surface area contributed by atoms with Crippen molar-refractivity contribution in [1.29, 1.82) is 0 Å². The average molecular weight is 170 g/mol. The molecular weight excluding hydrogens is 161 g/mol. The van der Waals surface area contributed by atoms with E-state index >= 15 is 0 Å². The maximum Gasteiger partial charge on any atom is 0.158 e. The van der Waals surface area contributed by atoms with Gasteiger partial charge in [-0.25, -0.2) is 8.78 Å². The molecular formula is C8H9BF2O. The quantitative estimate of drug-likeness (QED) is 0.643. The molecule has 1 N–H and O–H groups in total. The van der Waals surface area contributed by atoms with Crippen LogP contribution >= 0.6 is 0 Å². The van der Waals surface area contributed by atoms with Gasteiger partial charge >= 0.3 is 0 Å². The molecule has 0 bridgehead atoms. The van der Waals surface area contributed by atoms with E-state index in [2.05, 4.69) is 0 Å². The third-order valence-electron chi connectivity index (χ3n) is 1.78.